The number of rotatable bonds is 2. The van der Waals surface area contributed by atoms with E-state index in [4.69, 9.17) is 0 Å². The molecule has 1 heteroatoms. The average Bonchev–Trinajstić information content (AvgIpc) is 2.32. The van der Waals surface area contributed by atoms with Gasteiger partial charge in [-0.15, -0.1) is 0 Å². The quantitative estimate of drug-likeness (QED) is 0.832. The Hall–Kier alpha value is -1.08. The number of hydrogen-bond donors (Lipinski definition) is 1. The van der Waals surface area contributed by atoms with E-state index in [1.165, 1.54) is 29.5 Å². The molecule has 1 N–H and O–H groups in total. The largest absolute Gasteiger partial charge is 0.389 e. The Kier molecular flexibility index (Phi) is 3.61. The lowest BCUT2D eigenvalue weighted by Gasteiger charge is -2.42. The van der Waals surface area contributed by atoms with Crippen LogP contribution >= 0.6 is 0 Å². The predicted octanol–water partition coefficient (Wildman–Crippen LogP) is 4.43. The summed E-state index contributed by atoms with van der Waals surface area (Å²) >= 11 is 0. The Morgan fingerprint density at radius 3 is 2.21 bits per heavy atom. The highest BCUT2D eigenvalue weighted by atomic mass is 16.3. The Labute approximate surface area is 117 Å². The second-order valence-corrected chi connectivity index (χ2v) is 7.17. The molecule has 0 radical (unpaired) electrons. The molecule has 0 saturated heterocycles. The maximum Gasteiger partial charge on any atom is 0.0696 e. The summed E-state index contributed by atoms with van der Waals surface area (Å²) in [6, 6.07) is 6.74. The molecule has 1 nitrogen and oxygen atoms in total. The number of hydrogen-bond acceptors (Lipinski definition) is 1. The van der Waals surface area contributed by atoms with E-state index in [-0.39, 0.29) is 16.9 Å². The van der Waals surface area contributed by atoms with Crippen molar-refractivity contribution in [3.63, 3.8) is 0 Å². The van der Waals surface area contributed by atoms with Crippen LogP contribution in [0, 0.1) is 0 Å². The monoisotopic (exact) mass is 258 g/mol. The van der Waals surface area contributed by atoms with Gasteiger partial charge in [-0.2, -0.15) is 0 Å². The molecule has 2 rings (SSSR count). The van der Waals surface area contributed by atoms with Gasteiger partial charge >= 0.3 is 0 Å². The highest BCUT2D eigenvalue weighted by Gasteiger charge is 2.36. The fraction of sp³-hybridized carbons (Fsp3) is 0.556. The first-order chi connectivity index (χ1) is 8.72. The molecule has 1 atom stereocenters. The number of aliphatic hydroxyl groups is 1. The smallest absolute Gasteiger partial charge is 0.0696 e. The van der Waals surface area contributed by atoms with Crippen LogP contribution in [-0.4, -0.2) is 11.2 Å². The normalized spacial score (nSPS) is 22.2. The molecule has 0 fully saturated rings. The summed E-state index contributed by atoms with van der Waals surface area (Å²) in [6.07, 6.45) is 5.94. The van der Waals surface area contributed by atoms with E-state index in [1.807, 2.05) is 12.2 Å². The van der Waals surface area contributed by atoms with Crippen molar-refractivity contribution in [2.24, 2.45) is 0 Å². The van der Waals surface area contributed by atoms with Gasteiger partial charge in [0.2, 0.25) is 0 Å². The van der Waals surface area contributed by atoms with Crippen LogP contribution in [0.1, 0.15) is 64.2 Å². The van der Waals surface area contributed by atoms with Gasteiger partial charge in [-0.05, 0) is 47.3 Å². The molecule has 0 spiro atoms. The van der Waals surface area contributed by atoms with Crippen LogP contribution in [0.2, 0.25) is 0 Å². The predicted molar refractivity (Wildman–Crippen MR) is 82.4 cm³/mol. The molecule has 1 aliphatic carbocycles. The molecular formula is C18H26O. The van der Waals surface area contributed by atoms with E-state index in [1.54, 1.807) is 6.92 Å². The van der Waals surface area contributed by atoms with Crippen molar-refractivity contribution in [2.75, 3.05) is 0 Å². The van der Waals surface area contributed by atoms with Crippen molar-refractivity contribution < 1.29 is 5.11 Å². The van der Waals surface area contributed by atoms with Crippen molar-refractivity contribution in [3.05, 3.63) is 41.0 Å². The molecule has 1 aromatic rings. The minimum Gasteiger partial charge on any atom is -0.389 e. The standard InChI is InChI=1S/C18H26O/c1-13(19)6-7-14-8-9-15-16(12-14)18(4,5)11-10-17(15,2)3/h6-9,12-13,19H,10-11H2,1-5H3. The van der Waals surface area contributed by atoms with E-state index >= 15 is 0 Å². The van der Waals surface area contributed by atoms with Crippen molar-refractivity contribution in [1.82, 2.24) is 0 Å². The van der Waals surface area contributed by atoms with Gasteiger partial charge in [0.15, 0.2) is 0 Å². The summed E-state index contributed by atoms with van der Waals surface area (Å²) in [5.74, 6) is 0. The van der Waals surface area contributed by atoms with Gasteiger partial charge in [0.25, 0.3) is 0 Å². The zero-order valence-corrected chi connectivity index (χ0v) is 12.8. The maximum atomic E-state index is 9.35. The molecule has 19 heavy (non-hydrogen) atoms. The SMILES string of the molecule is CC(O)C=Cc1ccc2c(c1)C(C)(C)CCC2(C)C. The summed E-state index contributed by atoms with van der Waals surface area (Å²) in [7, 11) is 0. The van der Waals surface area contributed by atoms with Crippen LogP contribution < -0.4 is 0 Å². The molecule has 0 amide bonds. The summed E-state index contributed by atoms with van der Waals surface area (Å²) in [4.78, 5) is 0. The lowest BCUT2D eigenvalue weighted by Crippen LogP contribution is -2.33. The van der Waals surface area contributed by atoms with Crippen LogP contribution in [0.3, 0.4) is 0 Å². The van der Waals surface area contributed by atoms with Crippen LogP contribution in [0.4, 0.5) is 0 Å². The minimum absolute atomic E-state index is 0.250. The van der Waals surface area contributed by atoms with E-state index in [2.05, 4.69) is 45.9 Å². The highest BCUT2D eigenvalue weighted by molar-refractivity contribution is 5.55. The van der Waals surface area contributed by atoms with Gasteiger partial charge in [-0.25, -0.2) is 0 Å². The molecule has 104 valence electrons. The Morgan fingerprint density at radius 1 is 1.05 bits per heavy atom. The molecule has 1 aromatic carbocycles. The zero-order chi connectivity index (χ0) is 14.3. The Bertz CT molecular complexity index is 492. The van der Waals surface area contributed by atoms with E-state index < -0.39 is 0 Å². The summed E-state index contributed by atoms with van der Waals surface area (Å²) in [5.41, 5.74) is 4.66. The summed E-state index contributed by atoms with van der Waals surface area (Å²) < 4.78 is 0. The third-order valence-corrected chi connectivity index (χ3v) is 4.44. The van der Waals surface area contributed by atoms with Gasteiger partial charge in [0.05, 0.1) is 6.10 Å². The van der Waals surface area contributed by atoms with E-state index in [0.29, 0.717) is 0 Å². The van der Waals surface area contributed by atoms with Gasteiger partial charge in [-0.1, -0.05) is 58.0 Å². The summed E-state index contributed by atoms with van der Waals surface area (Å²) in [5, 5.41) is 9.35. The van der Waals surface area contributed by atoms with Gasteiger partial charge in [0.1, 0.15) is 0 Å². The molecule has 0 heterocycles. The molecule has 0 aliphatic heterocycles. The number of benzene rings is 1. The van der Waals surface area contributed by atoms with Crippen molar-refractivity contribution in [3.8, 4) is 0 Å². The molecule has 0 bridgehead atoms. The first-order valence-electron chi connectivity index (χ1n) is 7.24. The molecule has 0 saturated carbocycles. The maximum absolute atomic E-state index is 9.35. The molecule has 1 unspecified atom stereocenters. The first-order valence-corrected chi connectivity index (χ1v) is 7.24. The fourth-order valence-corrected chi connectivity index (χ4v) is 2.96. The van der Waals surface area contributed by atoms with Crippen molar-refractivity contribution in [2.45, 2.75) is 64.4 Å². The number of aliphatic hydroxyl groups excluding tert-OH is 1. The highest BCUT2D eigenvalue weighted by Crippen LogP contribution is 2.45. The zero-order valence-electron chi connectivity index (χ0n) is 12.8. The van der Waals surface area contributed by atoms with Crippen LogP contribution in [0.5, 0.6) is 0 Å². The molecule has 1 aliphatic rings. The van der Waals surface area contributed by atoms with Crippen molar-refractivity contribution in [1.29, 1.82) is 0 Å². The third kappa shape index (κ3) is 2.92. The fourth-order valence-electron chi connectivity index (χ4n) is 2.96. The minimum atomic E-state index is -0.388. The third-order valence-electron chi connectivity index (χ3n) is 4.44. The van der Waals surface area contributed by atoms with E-state index in [0.717, 1.165) is 0 Å². The van der Waals surface area contributed by atoms with Crippen LogP contribution in [-0.2, 0) is 10.8 Å². The van der Waals surface area contributed by atoms with E-state index in [9.17, 15) is 5.11 Å². The summed E-state index contributed by atoms with van der Waals surface area (Å²) in [6.45, 7) is 11.1. The molecular weight excluding hydrogens is 232 g/mol. The van der Waals surface area contributed by atoms with Gasteiger partial charge < -0.3 is 5.11 Å². The van der Waals surface area contributed by atoms with Gasteiger partial charge in [0, 0.05) is 0 Å². The van der Waals surface area contributed by atoms with Crippen LogP contribution in [0.25, 0.3) is 6.08 Å². The van der Waals surface area contributed by atoms with Crippen molar-refractivity contribution >= 4 is 6.08 Å². The Balaban J connectivity index is 2.47. The first kappa shape index (κ1) is 14.3. The topological polar surface area (TPSA) is 20.2 Å². The van der Waals surface area contributed by atoms with Gasteiger partial charge in [-0.3, -0.25) is 0 Å². The Morgan fingerprint density at radius 2 is 1.63 bits per heavy atom. The van der Waals surface area contributed by atoms with Crippen LogP contribution in [0.15, 0.2) is 24.3 Å². The lowest BCUT2D eigenvalue weighted by atomic mass is 9.63. The number of fused-ring (bicyclic) bond motifs is 1. The lowest BCUT2D eigenvalue weighted by molar-refractivity contribution is 0.245. The second-order valence-electron chi connectivity index (χ2n) is 7.17. The second kappa shape index (κ2) is 4.79. The average molecular weight is 258 g/mol. The molecule has 0 aromatic heterocycles.